The molecular formula is C15H22ClN3O. The van der Waals surface area contributed by atoms with Crippen LogP contribution in [0.25, 0.3) is 0 Å². The Morgan fingerprint density at radius 1 is 1.40 bits per heavy atom. The average molecular weight is 296 g/mol. The highest BCUT2D eigenvalue weighted by Gasteiger charge is 2.17. The second-order valence-electron chi connectivity index (χ2n) is 5.27. The van der Waals surface area contributed by atoms with Gasteiger partial charge in [-0.3, -0.25) is 0 Å². The summed E-state index contributed by atoms with van der Waals surface area (Å²) in [4.78, 5) is 14.2. The Morgan fingerprint density at radius 3 is 2.85 bits per heavy atom. The zero-order chi connectivity index (χ0) is 14.4. The summed E-state index contributed by atoms with van der Waals surface area (Å²) in [5, 5.41) is 6.28. The monoisotopic (exact) mass is 295 g/mol. The molecule has 1 atom stereocenters. The first-order valence-corrected chi connectivity index (χ1v) is 7.57. The van der Waals surface area contributed by atoms with Gasteiger partial charge < -0.3 is 15.5 Å². The van der Waals surface area contributed by atoms with E-state index < -0.39 is 0 Å². The number of hydrogen-bond acceptors (Lipinski definition) is 2. The van der Waals surface area contributed by atoms with Crippen molar-refractivity contribution in [1.29, 1.82) is 0 Å². The zero-order valence-electron chi connectivity index (χ0n) is 11.9. The number of rotatable bonds is 5. The van der Waals surface area contributed by atoms with Crippen molar-refractivity contribution in [2.45, 2.75) is 32.2 Å². The number of urea groups is 1. The number of carbonyl (C=O) groups is 1. The van der Waals surface area contributed by atoms with Gasteiger partial charge in [0.25, 0.3) is 0 Å². The van der Waals surface area contributed by atoms with Crippen molar-refractivity contribution in [2.75, 3.05) is 25.0 Å². The molecule has 0 aromatic heterocycles. The Kier molecular flexibility index (Phi) is 5.68. The fourth-order valence-corrected chi connectivity index (χ4v) is 2.69. The minimum atomic E-state index is -0.180. The molecule has 0 bridgehead atoms. The molecule has 1 fully saturated rings. The topological polar surface area (TPSA) is 44.4 Å². The van der Waals surface area contributed by atoms with Gasteiger partial charge in [0, 0.05) is 23.3 Å². The Morgan fingerprint density at radius 2 is 2.15 bits per heavy atom. The molecule has 110 valence electrons. The van der Waals surface area contributed by atoms with E-state index in [-0.39, 0.29) is 6.03 Å². The molecule has 20 heavy (non-hydrogen) atoms. The number of carbonyl (C=O) groups excluding carboxylic acids is 1. The van der Waals surface area contributed by atoms with Crippen molar-refractivity contribution in [3.05, 3.63) is 29.3 Å². The summed E-state index contributed by atoms with van der Waals surface area (Å²) in [6, 6.07) is 7.49. The molecule has 2 N–H and O–H groups in total. The maximum absolute atomic E-state index is 11.7. The second-order valence-corrected chi connectivity index (χ2v) is 5.71. The Bertz CT molecular complexity index is 446. The predicted molar refractivity (Wildman–Crippen MR) is 83.4 cm³/mol. The summed E-state index contributed by atoms with van der Waals surface area (Å²) >= 11 is 5.87. The van der Waals surface area contributed by atoms with E-state index in [0.29, 0.717) is 23.3 Å². The molecule has 2 amide bonds. The Labute approximate surface area is 125 Å². The van der Waals surface area contributed by atoms with E-state index in [9.17, 15) is 4.79 Å². The lowest BCUT2D eigenvalue weighted by atomic mass is 10.2. The smallest absolute Gasteiger partial charge is 0.319 e. The number of nitrogens with zero attached hydrogens (tertiary/aromatic N) is 1. The first kappa shape index (κ1) is 15.1. The van der Waals surface area contributed by atoms with Gasteiger partial charge >= 0.3 is 6.03 Å². The fourth-order valence-electron chi connectivity index (χ4n) is 2.50. The second kappa shape index (κ2) is 7.50. The van der Waals surface area contributed by atoms with Gasteiger partial charge in [-0.1, -0.05) is 17.7 Å². The summed E-state index contributed by atoms with van der Waals surface area (Å²) in [7, 11) is 0. The van der Waals surface area contributed by atoms with Crippen LogP contribution in [0.15, 0.2) is 24.3 Å². The van der Waals surface area contributed by atoms with Crippen LogP contribution in [0, 0.1) is 0 Å². The van der Waals surface area contributed by atoms with Crippen LogP contribution in [0.2, 0.25) is 5.02 Å². The van der Waals surface area contributed by atoms with Crippen molar-refractivity contribution in [3.8, 4) is 0 Å². The van der Waals surface area contributed by atoms with Gasteiger partial charge in [0.05, 0.1) is 0 Å². The van der Waals surface area contributed by atoms with Crippen molar-refractivity contribution in [1.82, 2.24) is 10.2 Å². The van der Waals surface area contributed by atoms with E-state index in [1.54, 1.807) is 12.1 Å². The maximum atomic E-state index is 11.7. The third-order valence-corrected chi connectivity index (χ3v) is 3.93. The third kappa shape index (κ3) is 4.69. The van der Waals surface area contributed by atoms with Crippen LogP contribution in [0.1, 0.15) is 26.2 Å². The highest BCUT2D eigenvalue weighted by molar-refractivity contribution is 6.30. The number of amides is 2. The van der Waals surface area contributed by atoms with Gasteiger partial charge in [-0.2, -0.15) is 0 Å². The quantitative estimate of drug-likeness (QED) is 0.875. The molecule has 5 heteroatoms. The molecule has 0 spiro atoms. The van der Waals surface area contributed by atoms with Gasteiger partial charge in [0.2, 0.25) is 0 Å². The Balaban J connectivity index is 1.67. The number of nitrogens with one attached hydrogen (secondary N) is 2. The SMILES string of the molecule is C[C@H](CCNC(=O)Nc1cccc(Cl)c1)N1CCCC1. The first-order valence-electron chi connectivity index (χ1n) is 7.19. The van der Waals surface area contributed by atoms with Crippen molar-refractivity contribution >= 4 is 23.3 Å². The summed E-state index contributed by atoms with van der Waals surface area (Å²) in [6.07, 6.45) is 3.57. The molecule has 0 unspecified atom stereocenters. The maximum Gasteiger partial charge on any atom is 0.319 e. The standard InChI is InChI=1S/C15H22ClN3O/c1-12(19-9-2-3-10-19)7-8-17-15(20)18-14-6-4-5-13(16)11-14/h4-6,11-12H,2-3,7-10H2,1H3,(H2,17,18,20)/t12-/m1/s1. The normalized spacial score (nSPS) is 16.9. The highest BCUT2D eigenvalue weighted by Crippen LogP contribution is 2.15. The lowest BCUT2D eigenvalue weighted by Gasteiger charge is -2.23. The van der Waals surface area contributed by atoms with E-state index in [0.717, 1.165) is 6.42 Å². The molecule has 0 saturated carbocycles. The number of hydrogen-bond donors (Lipinski definition) is 2. The predicted octanol–water partition coefficient (Wildman–Crippen LogP) is 3.34. The molecule has 1 aliphatic heterocycles. The van der Waals surface area contributed by atoms with Crippen molar-refractivity contribution in [3.63, 3.8) is 0 Å². The van der Waals surface area contributed by atoms with E-state index in [4.69, 9.17) is 11.6 Å². The minimum absolute atomic E-state index is 0.180. The molecule has 1 heterocycles. The summed E-state index contributed by atoms with van der Waals surface area (Å²) in [6.45, 7) is 5.29. The third-order valence-electron chi connectivity index (χ3n) is 3.69. The number of benzene rings is 1. The van der Waals surface area contributed by atoms with E-state index in [2.05, 4.69) is 22.5 Å². The van der Waals surface area contributed by atoms with E-state index in [1.165, 1.54) is 25.9 Å². The van der Waals surface area contributed by atoms with Crippen LogP contribution in [0.3, 0.4) is 0 Å². The summed E-state index contributed by atoms with van der Waals surface area (Å²) in [5.41, 5.74) is 0.711. The highest BCUT2D eigenvalue weighted by atomic mass is 35.5. The van der Waals surface area contributed by atoms with Crippen LogP contribution in [0.4, 0.5) is 10.5 Å². The van der Waals surface area contributed by atoms with E-state index in [1.807, 2.05) is 12.1 Å². The molecule has 0 radical (unpaired) electrons. The van der Waals surface area contributed by atoms with Crippen molar-refractivity contribution in [2.24, 2.45) is 0 Å². The van der Waals surface area contributed by atoms with Crippen LogP contribution in [0.5, 0.6) is 0 Å². The molecule has 1 aliphatic rings. The number of anilines is 1. The largest absolute Gasteiger partial charge is 0.338 e. The van der Waals surface area contributed by atoms with Gasteiger partial charge in [0.1, 0.15) is 0 Å². The fraction of sp³-hybridized carbons (Fsp3) is 0.533. The van der Waals surface area contributed by atoms with Crippen LogP contribution < -0.4 is 10.6 Å². The van der Waals surface area contributed by atoms with Crippen LogP contribution >= 0.6 is 11.6 Å². The molecule has 4 nitrogen and oxygen atoms in total. The van der Waals surface area contributed by atoms with E-state index >= 15 is 0 Å². The van der Waals surface area contributed by atoms with Gasteiger partial charge in [0.15, 0.2) is 0 Å². The number of likely N-dealkylation sites (tertiary alicyclic amines) is 1. The molecule has 1 aromatic carbocycles. The lowest BCUT2D eigenvalue weighted by molar-refractivity contribution is 0.238. The van der Waals surface area contributed by atoms with Gasteiger partial charge in [-0.05, 0) is 57.5 Å². The lowest BCUT2D eigenvalue weighted by Crippen LogP contribution is -2.36. The molecular weight excluding hydrogens is 274 g/mol. The zero-order valence-corrected chi connectivity index (χ0v) is 12.6. The molecule has 0 aliphatic carbocycles. The van der Waals surface area contributed by atoms with Crippen molar-refractivity contribution < 1.29 is 4.79 Å². The van der Waals surface area contributed by atoms with Crippen LogP contribution in [-0.2, 0) is 0 Å². The minimum Gasteiger partial charge on any atom is -0.338 e. The molecule has 1 saturated heterocycles. The Hall–Kier alpha value is -1.26. The first-order chi connectivity index (χ1) is 9.65. The number of halogens is 1. The molecule has 1 aromatic rings. The van der Waals surface area contributed by atoms with Gasteiger partial charge in [-0.15, -0.1) is 0 Å². The van der Waals surface area contributed by atoms with Gasteiger partial charge in [-0.25, -0.2) is 4.79 Å². The molecule has 2 rings (SSSR count). The average Bonchev–Trinajstić information content (AvgIpc) is 2.92. The van der Waals surface area contributed by atoms with Crippen LogP contribution in [-0.4, -0.2) is 36.6 Å². The summed E-state index contributed by atoms with van der Waals surface area (Å²) in [5.74, 6) is 0. The summed E-state index contributed by atoms with van der Waals surface area (Å²) < 4.78 is 0.